The van der Waals surface area contributed by atoms with Gasteiger partial charge in [0.15, 0.2) is 0 Å². The topological polar surface area (TPSA) is 75.3 Å². The number of nitrogens with one attached hydrogen (secondary N) is 1. The first-order chi connectivity index (χ1) is 6.51. The van der Waals surface area contributed by atoms with Crippen LogP contribution >= 0.6 is 0 Å². The summed E-state index contributed by atoms with van der Waals surface area (Å²) in [6.07, 6.45) is 0.791. The van der Waals surface area contributed by atoms with E-state index in [4.69, 9.17) is 10.8 Å². The summed E-state index contributed by atoms with van der Waals surface area (Å²) >= 11 is 0. The van der Waals surface area contributed by atoms with E-state index in [0.717, 1.165) is 6.42 Å². The number of hydrogen-bond donors (Lipinski definition) is 3. The molecule has 4 heteroatoms. The molecular formula is C10H22N2O2. The Labute approximate surface area is 85.9 Å². The second-order valence-corrected chi connectivity index (χ2v) is 4.15. The minimum absolute atomic E-state index is 0.0127. The summed E-state index contributed by atoms with van der Waals surface area (Å²) in [5.74, 6) is 0.198. The van der Waals surface area contributed by atoms with Gasteiger partial charge < -0.3 is 16.2 Å². The van der Waals surface area contributed by atoms with Gasteiger partial charge >= 0.3 is 0 Å². The Kier molecular flexibility index (Phi) is 6.49. The molecule has 0 spiro atoms. The third kappa shape index (κ3) is 5.19. The molecule has 4 N–H and O–H groups in total. The predicted octanol–water partition coefficient (Wildman–Crippen LogP) is 0.104. The molecule has 4 nitrogen and oxygen atoms in total. The maximum Gasteiger partial charge on any atom is 0.224 e. The quantitative estimate of drug-likeness (QED) is 0.572. The predicted molar refractivity (Wildman–Crippen MR) is 56.7 cm³/mol. The van der Waals surface area contributed by atoms with E-state index in [9.17, 15) is 4.79 Å². The monoisotopic (exact) mass is 202 g/mol. The zero-order valence-corrected chi connectivity index (χ0v) is 9.29. The van der Waals surface area contributed by atoms with Gasteiger partial charge in [-0.05, 0) is 12.3 Å². The van der Waals surface area contributed by atoms with E-state index < -0.39 is 0 Å². The highest BCUT2D eigenvalue weighted by molar-refractivity contribution is 5.78. The van der Waals surface area contributed by atoms with Crippen molar-refractivity contribution < 1.29 is 9.90 Å². The van der Waals surface area contributed by atoms with E-state index in [1.807, 2.05) is 0 Å². The largest absolute Gasteiger partial charge is 0.394 e. The van der Waals surface area contributed by atoms with Crippen LogP contribution in [0.3, 0.4) is 0 Å². The van der Waals surface area contributed by atoms with Crippen LogP contribution in [0.15, 0.2) is 0 Å². The van der Waals surface area contributed by atoms with Crippen molar-refractivity contribution in [2.24, 2.45) is 17.6 Å². The first-order valence-corrected chi connectivity index (χ1v) is 5.12. The van der Waals surface area contributed by atoms with Crippen molar-refractivity contribution in [1.82, 2.24) is 5.32 Å². The van der Waals surface area contributed by atoms with Crippen LogP contribution < -0.4 is 11.1 Å². The number of aliphatic hydroxyl groups is 1. The first kappa shape index (κ1) is 13.4. The maximum absolute atomic E-state index is 11.4. The van der Waals surface area contributed by atoms with E-state index >= 15 is 0 Å². The fourth-order valence-corrected chi connectivity index (χ4v) is 1.20. The first-order valence-electron chi connectivity index (χ1n) is 5.12. The molecule has 14 heavy (non-hydrogen) atoms. The third-order valence-corrected chi connectivity index (χ3v) is 2.12. The van der Waals surface area contributed by atoms with Crippen molar-refractivity contribution in [2.75, 3.05) is 13.2 Å². The summed E-state index contributed by atoms with van der Waals surface area (Å²) < 4.78 is 0. The smallest absolute Gasteiger partial charge is 0.224 e. The summed E-state index contributed by atoms with van der Waals surface area (Å²) in [6, 6.07) is -0.142. The molecule has 2 unspecified atom stereocenters. The lowest BCUT2D eigenvalue weighted by atomic mass is 10.0. The SMILES string of the molecule is CC(C)CC(CO)NC(=O)C(C)CN. The number of nitrogens with two attached hydrogens (primary N) is 1. The Morgan fingerprint density at radius 1 is 1.43 bits per heavy atom. The van der Waals surface area contributed by atoms with E-state index in [1.54, 1.807) is 6.92 Å². The Morgan fingerprint density at radius 3 is 2.36 bits per heavy atom. The van der Waals surface area contributed by atoms with Gasteiger partial charge in [-0.3, -0.25) is 4.79 Å². The molecule has 0 heterocycles. The van der Waals surface area contributed by atoms with Crippen molar-refractivity contribution >= 4 is 5.91 Å². The molecular weight excluding hydrogens is 180 g/mol. The molecule has 0 bridgehead atoms. The van der Waals surface area contributed by atoms with Crippen molar-refractivity contribution in [3.05, 3.63) is 0 Å². The van der Waals surface area contributed by atoms with Crippen molar-refractivity contribution in [1.29, 1.82) is 0 Å². The summed E-state index contributed by atoms with van der Waals surface area (Å²) in [5.41, 5.74) is 5.37. The van der Waals surface area contributed by atoms with Crippen molar-refractivity contribution in [2.45, 2.75) is 33.2 Å². The van der Waals surface area contributed by atoms with E-state index in [2.05, 4.69) is 19.2 Å². The van der Waals surface area contributed by atoms with Crippen LogP contribution in [-0.2, 0) is 4.79 Å². The fraction of sp³-hybridized carbons (Fsp3) is 0.900. The lowest BCUT2D eigenvalue weighted by Gasteiger charge is -2.20. The number of hydrogen-bond acceptors (Lipinski definition) is 3. The minimum Gasteiger partial charge on any atom is -0.394 e. The van der Waals surface area contributed by atoms with Gasteiger partial charge in [-0.1, -0.05) is 20.8 Å². The summed E-state index contributed by atoms with van der Waals surface area (Å²) in [6.45, 7) is 6.22. The fourth-order valence-electron chi connectivity index (χ4n) is 1.20. The third-order valence-electron chi connectivity index (χ3n) is 2.12. The van der Waals surface area contributed by atoms with Crippen LogP contribution in [-0.4, -0.2) is 30.2 Å². The Morgan fingerprint density at radius 2 is 2.00 bits per heavy atom. The molecule has 0 fully saturated rings. The molecule has 0 aliphatic heterocycles. The van der Waals surface area contributed by atoms with E-state index in [1.165, 1.54) is 0 Å². The van der Waals surface area contributed by atoms with Gasteiger partial charge in [-0.25, -0.2) is 0 Å². The van der Waals surface area contributed by atoms with Crippen LogP contribution in [0.5, 0.6) is 0 Å². The van der Waals surface area contributed by atoms with Gasteiger partial charge in [-0.15, -0.1) is 0 Å². The number of carbonyl (C=O) groups excluding carboxylic acids is 1. The van der Waals surface area contributed by atoms with Crippen LogP contribution in [0.2, 0.25) is 0 Å². The number of amides is 1. The molecule has 1 amide bonds. The second kappa shape index (κ2) is 6.79. The highest BCUT2D eigenvalue weighted by atomic mass is 16.3. The van der Waals surface area contributed by atoms with Gasteiger partial charge in [0.1, 0.15) is 0 Å². The molecule has 0 radical (unpaired) electrons. The van der Waals surface area contributed by atoms with Crippen molar-refractivity contribution in [3.63, 3.8) is 0 Å². The standard InChI is InChI=1S/C10H22N2O2/c1-7(2)4-9(6-13)12-10(14)8(3)5-11/h7-9,13H,4-6,11H2,1-3H3,(H,12,14). The number of aliphatic hydroxyl groups excluding tert-OH is 1. The number of carbonyl (C=O) groups is 1. The highest BCUT2D eigenvalue weighted by Crippen LogP contribution is 2.05. The summed E-state index contributed by atoms with van der Waals surface area (Å²) in [7, 11) is 0. The average Bonchev–Trinajstić information content (AvgIpc) is 2.14. The molecule has 0 aromatic heterocycles. The molecule has 0 aliphatic carbocycles. The van der Waals surface area contributed by atoms with Gasteiger partial charge in [0.05, 0.1) is 12.6 Å². The molecule has 2 atom stereocenters. The molecule has 0 rings (SSSR count). The van der Waals surface area contributed by atoms with Crippen LogP contribution in [0.25, 0.3) is 0 Å². The molecule has 0 aromatic rings. The zero-order valence-electron chi connectivity index (χ0n) is 9.29. The zero-order chi connectivity index (χ0) is 11.1. The lowest BCUT2D eigenvalue weighted by Crippen LogP contribution is -2.42. The number of rotatable bonds is 6. The van der Waals surface area contributed by atoms with Gasteiger partial charge in [0.2, 0.25) is 5.91 Å². The van der Waals surface area contributed by atoms with Gasteiger partial charge in [0.25, 0.3) is 0 Å². The normalized spacial score (nSPS) is 15.3. The maximum atomic E-state index is 11.4. The summed E-state index contributed by atoms with van der Waals surface area (Å²) in [5, 5.41) is 11.8. The van der Waals surface area contributed by atoms with E-state index in [-0.39, 0.29) is 24.5 Å². The van der Waals surface area contributed by atoms with Crippen molar-refractivity contribution in [3.8, 4) is 0 Å². The lowest BCUT2D eigenvalue weighted by molar-refractivity contribution is -0.125. The van der Waals surface area contributed by atoms with Crippen LogP contribution in [0, 0.1) is 11.8 Å². The Bertz CT molecular complexity index is 172. The van der Waals surface area contributed by atoms with E-state index in [0.29, 0.717) is 12.5 Å². The highest BCUT2D eigenvalue weighted by Gasteiger charge is 2.16. The Balaban J connectivity index is 3.98. The molecule has 0 saturated carbocycles. The molecule has 84 valence electrons. The minimum atomic E-state index is -0.184. The molecule has 0 saturated heterocycles. The molecule has 0 aliphatic rings. The summed E-state index contributed by atoms with van der Waals surface area (Å²) in [4.78, 5) is 11.4. The second-order valence-electron chi connectivity index (χ2n) is 4.15. The van der Waals surface area contributed by atoms with Crippen LogP contribution in [0.4, 0.5) is 0 Å². The molecule has 0 aromatic carbocycles. The Hall–Kier alpha value is -0.610. The van der Waals surface area contributed by atoms with Crippen LogP contribution in [0.1, 0.15) is 27.2 Å². The van der Waals surface area contributed by atoms with Gasteiger partial charge in [0, 0.05) is 12.5 Å². The van der Waals surface area contributed by atoms with Gasteiger partial charge in [-0.2, -0.15) is 0 Å². The average molecular weight is 202 g/mol.